The summed E-state index contributed by atoms with van der Waals surface area (Å²) in [5.41, 5.74) is 1.93. The van der Waals surface area contributed by atoms with Gasteiger partial charge in [-0.1, -0.05) is 48.5 Å². The third-order valence-corrected chi connectivity index (χ3v) is 4.01. The normalized spacial score (nSPS) is 11.0. The maximum atomic E-state index is 13.6. The van der Waals surface area contributed by atoms with Crippen molar-refractivity contribution in [1.82, 2.24) is 10.6 Å². The molecule has 2 N–H and O–H groups in total. The van der Waals surface area contributed by atoms with Gasteiger partial charge < -0.3 is 15.4 Å². The summed E-state index contributed by atoms with van der Waals surface area (Å²) >= 11 is 0. The van der Waals surface area contributed by atoms with Crippen molar-refractivity contribution in [2.75, 3.05) is 26.8 Å². The summed E-state index contributed by atoms with van der Waals surface area (Å²) < 4.78 is 19.3. The number of nitrogens with zero attached hydrogens (tertiary/aromatic N) is 1. The molecule has 4 nitrogen and oxygen atoms in total. The number of unbranched alkanes of at least 4 members (excludes halogenated alkanes) is 1. The number of aliphatic imine (C=N–C) groups is 1. The second kappa shape index (κ2) is 14.4. The molecule has 0 saturated heterocycles. The zero-order chi connectivity index (χ0) is 18.5. The zero-order valence-corrected chi connectivity index (χ0v) is 18.1. The van der Waals surface area contributed by atoms with E-state index in [1.54, 1.807) is 19.2 Å². The van der Waals surface area contributed by atoms with Crippen molar-refractivity contribution in [3.8, 4) is 0 Å². The SMILES string of the molecule is CN=C(NCCCCOCCc1ccccc1)NCc1ccccc1F.I. The van der Waals surface area contributed by atoms with Crippen LogP contribution in [-0.2, 0) is 17.7 Å². The fraction of sp³-hybridized carbons (Fsp3) is 0.381. The highest BCUT2D eigenvalue weighted by Gasteiger charge is 2.02. The van der Waals surface area contributed by atoms with Gasteiger partial charge in [-0.25, -0.2) is 4.39 Å². The molecule has 6 heteroatoms. The van der Waals surface area contributed by atoms with Crippen LogP contribution in [0.25, 0.3) is 0 Å². The minimum atomic E-state index is -0.205. The molecule has 148 valence electrons. The molecule has 0 fully saturated rings. The van der Waals surface area contributed by atoms with Gasteiger partial charge in [0.25, 0.3) is 0 Å². The summed E-state index contributed by atoms with van der Waals surface area (Å²) in [7, 11) is 1.71. The smallest absolute Gasteiger partial charge is 0.191 e. The largest absolute Gasteiger partial charge is 0.381 e. The van der Waals surface area contributed by atoms with E-state index in [9.17, 15) is 4.39 Å². The Hall–Kier alpha value is -1.67. The van der Waals surface area contributed by atoms with E-state index in [-0.39, 0.29) is 29.8 Å². The Bertz CT molecular complexity index is 667. The van der Waals surface area contributed by atoms with Crippen LogP contribution < -0.4 is 10.6 Å². The second-order valence-electron chi connectivity index (χ2n) is 6.00. The molecule has 0 aliphatic heterocycles. The zero-order valence-electron chi connectivity index (χ0n) is 15.8. The first-order valence-electron chi connectivity index (χ1n) is 9.09. The molecule has 0 aliphatic rings. The van der Waals surface area contributed by atoms with Crippen LogP contribution in [0.5, 0.6) is 0 Å². The van der Waals surface area contributed by atoms with Gasteiger partial charge in [0.05, 0.1) is 6.61 Å². The molecule has 2 aromatic carbocycles. The summed E-state index contributed by atoms with van der Waals surface area (Å²) in [5.74, 6) is 0.473. The first-order valence-corrected chi connectivity index (χ1v) is 9.09. The van der Waals surface area contributed by atoms with Crippen LogP contribution in [0, 0.1) is 5.82 Å². The first-order chi connectivity index (χ1) is 12.8. The van der Waals surface area contributed by atoms with Crippen LogP contribution in [0.4, 0.5) is 4.39 Å². The quantitative estimate of drug-likeness (QED) is 0.230. The van der Waals surface area contributed by atoms with E-state index < -0.39 is 0 Å². The first kappa shape index (κ1) is 23.4. The Morgan fingerprint density at radius 1 is 0.963 bits per heavy atom. The highest BCUT2D eigenvalue weighted by Crippen LogP contribution is 2.05. The number of hydrogen-bond donors (Lipinski definition) is 2. The van der Waals surface area contributed by atoms with Gasteiger partial charge in [0.1, 0.15) is 5.82 Å². The lowest BCUT2D eigenvalue weighted by atomic mass is 10.2. The third kappa shape index (κ3) is 9.72. The van der Waals surface area contributed by atoms with Crippen molar-refractivity contribution >= 4 is 29.9 Å². The highest BCUT2D eigenvalue weighted by atomic mass is 127. The van der Waals surface area contributed by atoms with E-state index in [0.717, 1.165) is 39.0 Å². The molecular weight excluding hydrogens is 456 g/mol. The topological polar surface area (TPSA) is 45.7 Å². The van der Waals surface area contributed by atoms with E-state index in [2.05, 4.69) is 27.8 Å². The van der Waals surface area contributed by atoms with Gasteiger partial charge in [0, 0.05) is 32.3 Å². The number of ether oxygens (including phenoxy) is 1. The summed E-state index contributed by atoms with van der Waals surface area (Å²) in [5, 5.41) is 6.36. The molecule has 0 atom stereocenters. The molecule has 0 spiro atoms. The third-order valence-electron chi connectivity index (χ3n) is 4.01. The predicted molar refractivity (Wildman–Crippen MR) is 120 cm³/mol. The molecule has 0 radical (unpaired) electrons. The number of halogens is 2. The Balaban J connectivity index is 0.00000364. The molecule has 0 saturated carbocycles. The molecule has 2 aromatic rings. The highest BCUT2D eigenvalue weighted by molar-refractivity contribution is 14.0. The fourth-order valence-electron chi connectivity index (χ4n) is 2.51. The van der Waals surface area contributed by atoms with Gasteiger partial charge in [-0.15, -0.1) is 24.0 Å². The lowest BCUT2D eigenvalue weighted by Gasteiger charge is -2.12. The molecular formula is C21H29FIN3O. The predicted octanol–water partition coefficient (Wildman–Crippen LogP) is 4.15. The van der Waals surface area contributed by atoms with Gasteiger partial charge in [-0.05, 0) is 30.9 Å². The van der Waals surface area contributed by atoms with Crippen LogP contribution in [0.1, 0.15) is 24.0 Å². The average Bonchev–Trinajstić information content (AvgIpc) is 2.68. The fourth-order valence-corrected chi connectivity index (χ4v) is 2.51. The maximum absolute atomic E-state index is 13.6. The molecule has 0 heterocycles. The van der Waals surface area contributed by atoms with E-state index in [0.29, 0.717) is 18.1 Å². The van der Waals surface area contributed by atoms with Crippen LogP contribution in [-0.4, -0.2) is 32.8 Å². The summed E-state index contributed by atoms with van der Waals surface area (Å²) in [6, 6.07) is 17.1. The molecule has 0 aromatic heterocycles. The van der Waals surface area contributed by atoms with Gasteiger partial charge in [-0.3, -0.25) is 4.99 Å². The summed E-state index contributed by atoms with van der Waals surface area (Å²) in [6.45, 7) is 2.73. The van der Waals surface area contributed by atoms with Crippen molar-refractivity contribution in [3.63, 3.8) is 0 Å². The van der Waals surface area contributed by atoms with E-state index in [4.69, 9.17) is 4.74 Å². The molecule has 0 amide bonds. The van der Waals surface area contributed by atoms with Gasteiger partial charge >= 0.3 is 0 Å². The van der Waals surface area contributed by atoms with E-state index >= 15 is 0 Å². The minimum Gasteiger partial charge on any atom is -0.381 e. The Kier molecular flexibility index (Phi) is 12.5. The van der Waals surface area contributed by atoms with Crippen LogP contribution in [0.15, 0.2) is 59.6 Å². The van der Waals surface area contributed by atoms with Crippen molar-refractivity contribution in [1.29, 1.82) is 0 Å². The van der Waals surface area contributed by atoms with Crippen LogP contribution in [0.3, 0.4) is 0 Å². The Morgan fingerprint density at radius 2 is 1.70 bits per heavy atom. The molecule has 0 unspecified atom stereocenters. The Labute approximate surface area is 178 Å². The number of nitrogens with one attached hydrogen (secondary N) is 2. The van der Waals surface area contributed by atoms with Gasteiger partial charge in [0.2, 0.25) is 0 Å². The molecule has 2 rings (SSSR count). The lowest BCUT2D eigenvalue weighted by Crippen LogP contribution is -2.37. The summed E-state index contributed by atoms with van der Waals surface area (Å²) in [6.07, 6.45) is 2.93. The number of hydrogen-bond acceptors (Lipinski definition) is 2. The Morgan fingerprint density at radius 3 is 2.44 bits per heavy atom. The summed E-state index contributed by atoms with van der Waals surface area (Å²) in [4.78, 5) is 4.15. The number of benzene rings is 2. The van der Waals surface area contributed by atoms with Crippen LogP contribution >= 0.6 is 24.0 Å². The minimum absolute atomic E-state index is 0. The van der Waals surface area contributed by atoms with Gasteiger partial charge in [0.15, 0.2) is 5.96 Å². The van der Waals surface area contributed by atoms with Crippen molar-refractivity contribution in [2.45, 2.75) is 25.8 Å². The van der Waals surface area contributed by atoms with E-state index in [1.165, 1.54) is 11.6 Å². The van der Waals surface area contributed by atoms with Gasteiger partial charge in [-0.2, -0.15) is 0 Å². The molecule has 0 aliphatic carbocycles. The lowest BCUT2D eigenvalue weighted by molar-refractivity contribution is 0.133. The number of rotatable bonds is 10. The second-order valence-corrected chi connectivity index (χ2v) is 6.00. The average molecular weight is 485 g/mol. The van der Waals surface area contributed by atoms with Crippen LogP contribution in [0.2, 0.25) is 0 Å². The van der Waals surface area contributed by atoms with Crippen molar-refractivity contribution in [2.24, 2.45) is 4.99 Å². The molecule has 0 bridgehead atoms. The number of guanidine groups is 1. The van der Waals surface area contributed by atoms with Crippen molar-refractivity contribution < 1.29 is 9.13 Å². The molecule has 27 heavy (non-hydrogen) atoms. The monoisotopic (exact) mass is 485 g/mol. The van der Waals surface area contributed by atoms with E-state index in [1.807, 2.05) is 24.3 Å². The van der Waals surface area contributed by atoms with Crippen molar-refractivity contribution in [3.05, 3.63) is 71.5 Å². The standard InChI is InChI=1S/C21H28FN3O.HI/c1-23-21(25-17-19-11-5-6-12-20(19)22)24-14-7-8-15-26-16-13-18-9-3-2-4-10-18;/h2-6,9-12H,7-8,13-17H2,1H3,(H2,23,24,25);1H. The maximum Gasteiger partial charge on any atom is 0.191 e.